The van der Waals surface area contributed by atoms with E-state index in [4.69, 9.17) is 11.6 Å². The van der Waals surface area contributed by atoms with Crippen LogP contribution in [0.3, 0.4) is 0 Å². The predicted octanol–water partition coefficient (Wildman–Crippen LogP) is 2.75. The van der Waals surface area contributed by atoms with E-state index in [9.17, 15) is 14.0 Å². The topological polar surface area (TPSA) is 70.2 Å². The number of halogens is 2. The molecule has 1 aromatic carbocycles. The van der Waals surface area contributed by atoms with Crippen molar-refractivity contribution in [2.75, 3.05) is 6.54 Å². The molecule has 0 aliphatic heterocycles. The second-order valence-electron chi connectivity index (χ2n) is 6.02. The maximum Gasteiger partial charge on any atom is 0.315 e. The van der Waals surface area contributed by atoms with Crippen molar-refractivity contribution in [3.05, 3.63) is 34.6 Å². The second kappa shape index (κ2) is 7.45. The molecule has 3 amide bonds. The van der Waals surface area contributed by atoms with Crippen molar-refractivity contribution in [3.63, 3.8) is 0 Å². The van der Waals surface area contributed by atoms with Crippen molar-refractivity contribution in [1.29, 1.82) is 0 Å². The molecule has 0 saturated heterocycles. The van der Waals surface area contributed by atoms with Crippen LogP contribution in [0.15, 0.2) is 18.2 Å². The largest absolute Gasteiger partial charge is 0.350 e. The number of rotatable bonds is 4. The van der Waals surface area contributed by atoms with Crippen molar-refractivity contribution in [3.8, 4) is 0 Å². The predicted molar refractivity (Wildman–Crippen MR) is 84.3 cm³/mol. The Balaban J connectivity index is 2.47. The minimum absolute atomic E-state index is 0.00360. The fourth-order valence-corrected chi connectivity index (χ4v) is 1.92. The van der Waals surface area contributed by atoms with Crippen LogP contribution in [0.25, 0.3) is 0 Å². The average Bonchev–Trinajstić information content (AvgIpc) is 2.37. The summed E-state index contributed by atoms with van der Waals surface area (Å²) in [6, 6.07) is 3.37. The highest BCUT2D eigenvalue weighted by Crippen LogP contribution is 2.20. The van der Waals surface area contributed by atoms with Crippen molar-refractivity contribution in [2.45, 2.75) is 39.3 Å². The van der Waals surface area contributed by atoms with Gasteiger partial charge >= 0.3 is 6.03 Å². The van der Waals surface area contributed by atoms with Gasteiger partial charge in [0.25, 0.3) is 0 Å². The van der Waals surface area contributed by atoms with Crippen LogP contribution in [0.5, 0.6) is 0 Å². The van der Waals surface area contributed by atoms with E-state index in [1.807, 2.05) is 20.8 Å². The number of amides is 3. The lowest BCUT2D eigenvalue weighted by Gasteiger charge is -2.21. The maximum absolute atomic E-state index is 13.1. The Hall–Kier alpha value is -1.82. The summed E-state index contributed by atoms with van der Waals surface area (Å²) in [6.45, 7) is 7.17. The molecule has 7 heteroatoms. The molecule has 0 radical (unpaired) electrons. The summed E-state index contributed by atoms with van der Waals surface area (Å²) in [5.41, 5.74) is 0.314. The van der Waals surface area contributed by atoms with Gasteiger partial charge in [0.05, 0.1) is 17.6 Å². The molecule has 0 bridgehead atoms. The highest BCUT2D eigenvalue weighted by Gasteiger charge is 2.15. The molecule has 1 aromatic rings. The van der Waals surface area contributed by atoms with E-state index in [0.717, 1.165) is 0 Å². The van der Waals surface area contributed by atoms with Crippen molar-refractivity contribution < 1.29 is 14.0 Å². The van der Waals surface area contributed by atoms with E-state index in [0.29, 0.717) is 5.56 Å². The summed E-state index contributed by atoms with van der Waals surface area (Å²) in [4.78, 5) is 23.3. The highest BCUT2D eigenvalue weighted by atomic mass is 35.5. The number of nitrogens with one attached hydrogen (secondary N) is 3. The fraction of sp³-hybridized carbons (Fsp3) is 0.467. The van der Waals surface area contributed by atoms with E-state index >= 15 is 0 Å². The normalized spacial score (nSPS) is 12.5. The first-order valence-corrected chi connectivity index (χ1v) is 7.26. The average molecular weight is 330 g/mol. The Bertz CT molecular complexity index is 558. The summed E-state index contributed by atoms with van der Waals surface area (Å²) >= 11 is 5.70. The molecule has 122 valence electrons. The summed E-state index contributed by atoms with van der Waals surface area (Å²) in [6.07, 6.45) is 0. The van der Waals surface area contributed by atoms with E-state index < -0.39 is 11.8 Å². The van der Waals surface area contributed by atoms with Gasteiger partial charge in [0, 0.05) is 5.54 Å². The standard InChI is InChI=1S/C15H21ClFN3O2/c1-9(10-5-6-12(17)11(16)7-10)19-14(22)18-8-13(21)20-15(2,3)4/h5-7,9H,8H2,1-4H3,(H,20,21)(H2,18,19,22). The molecule has 0 heterocycles. The van der Waals surface area contributed by atoms with Gasteiger partial charge in [-0.25, -0.2) is 9.18 Å². The molecule has 0 spiro atoms. The third-order valence-electron chi connectivity index (χ3n) is 2.72. The lowest BCUT2D eigenvalue weighted by molar-refractivity contribution is -0.121. The van der Waals surface area contributed by atoms with Crippen LogP contribution in [0.4, 0.5) is 9.18 Å². The van der Waals surface area contributed by atoms with Gasteiger partial charge in [-0.05, 0) is 45.4 Å². The highest BCUT2D eigenvalue weighted by molar-refractivity contribution is 6.30. The van der Waals surface area contributed by atoms with Gasteiger partial charge in [0.15, 0.2) is 0 Å². The number of hydrogen-bond acceptors (Lipinski definition) is 2. The number of carbonyl (C=O) groups is 2. The van der Waals surface area contributed by atoms with Crippen molar-refractivity contribution in [1.82, 2.24) is 16.0 Å². The number of carbonyl (C=O) groups excluding carboxylic acids is 2. The molecule has 0 aliphatic rings. The van der Waals surface area contributed by atoms with E-state index in [2.05, 4.69) is 16.0 Å². The van der Waals surface area contributed by atoms with Crippen LogP contribution in [0.2, 0.25) is 5.02 Å². The molecule has 1 rings (SSSR count). The van der Waals surface area contributed by atoms with Crippen LogP contribution >= 0.6 is 11.6 Å². The van der Waals surface area contributed by atoms with Crippen molar-refractivity contribution in [2.24, 2.45) is 0 Å². The summed E-state index contributed by atoms with van der Waals surface area (Å²) < 4.78 is 13.1. The van der Waals surface area contributed by atoms with Gasteiger partial charge in [-0.15, -0.1) is 0 Å². The third kappa shape index (κ3) is 6.30. The van der Waals surface area contributed by atoms with Crippen LogP contribution < -0.4 is 16.0 Å². The second-order valence-corrected chi connectivity index (χ2v) is 6.43. The Morgan fingerprint density at radius 2 is 1.95 bits per heavy atom. The molecule has 1 unspecified atom stereocenters. The van der Waals surface area contributed by atoms with Crippen LogP contribution in [-0.4, -0.2) is 24.0 Å². The lowest BCUT2D eigenvalue weighted by atomic mass is 10.1. The molecule has 0 saturated carbocycles. The SMILES string of the molecule is CC(NC(=O)NCC(=O)NC(C)(C)C)c1ccc(F)c(Cl)c1. The minimum atomic E-state index is -0.513. The van der Waals surface area contributed by atoms with E-state index in [1.54, 1.807) is 13.0 Å². The molecular formula is C15H21ClFN3O2. The van der Waals surface area contributed by atoms with Gasteiger partial charge in [0.1, 0.15) is 5.82 Å². The maximum atomic E-state index is 13.1. The zero-order valence-corrected chi connectivity index (χ0v) is 13.8. The van der Waals surface area contributed by atoms with Gasteiger partial charge in [-0.3, -0.25) is 4.79 Å². The molecule has 5 nitrogen and oxygen atoms in total. The van der Waals surface area contributed by atoms with E-state index in [-0.39, 0.29) is 29.1 Å². The first-order chi connectivity index (χ1) is 10.1. The Kier molecular flexibility index (Phi) is 6.17. The molecule has 0 aromatic heterocycles. The van der Waals surface area contributed by atoms with E-state index in [1.165, 1.54) is 12.1 Å². The molecule has 0 aliphatic carbocycles. The molecule has 1 atom stereocenters. The number of urea groups is 1. The Labute approximate surface area is 134 Å². The fourth-order valence-electron chi connectivity index (χ4n) is 1.74. The quantitative estimate of drug-likeness (QED) is 0.795. The van der Waals surface area contributed by atoms with Crippen LogP contribution in [0.1, 0.15) is 39.3 Å². The number of hydrogen-bond donors (Lipinski definition) is 3. The Morgan fingerprint density at radius 1 is 1.32 bits per heavy atom. The molecular weight excluding hydrogens is 309 g/mol. The summed E-state index contributed by atoms with van der Waals surface area (Å²) in [5, 5.41) is 7.84. The number of benzene rings is 1. The van der Waals surface area contributed by atoms with Crippen molar-refractivity contribution >= 4 is 23.5 Å². The van der Waals surface area contributed by atoms with Gasteiger partial charge in [-0.1, -0.05) is 17.7 Å². The van der Waals surface area contributed by atoms with Crippen LogP contribution in [0, 0.1) is 5.82 Å². The van der Waals surface area contributed by atoms with Gasteiger partial charge in [0.2, 0.25) is 5.91 Å². The smallest absolute Gasteiger partial charge is 0.315 e. The van der Waals surface area contributed by atoms with Gasteiger partial charge < -0.3 is 16.0 Å². The summed E-state index contributed by atoms with van der Waals surface area (Å²) in [7, 11) is 0. The molecule has 0 fully saturated rings. The first kappa shape index (κ1) is 18.2. The monoisotopic (exact) mass is 329 g/mol. The molecule has 3 N–H and O–H groups in total. The minimum Gasteiger partial charge on any atom is -0.350 e. The third-order valence-corrected chi connectivity index (χ3v) is 3.00. The van der Waals surface area contributed by atoms with Gasteiger partial charge in [-0.2, -0.15) is 0 Å². The molecule has 22 heavy (non-hydrogen) atoms. The first-order valence-electron chi connectivity index (χ1n) is 6.89. The Morgan fingerprint density at radius 3 is 2.50 bits per heavy atom. The summed E-state index contributed by atoms with van der Waals surface area (Å²) in [5.74, 6) is -0.791. The zero-order chi connectivity index (χ0) is 16.9. The zero-order valence-electron chi connectivity index (χ0n) is 13.1. The van der Waals surface area contributed by atoms with Crippen LogP contribution in [-0.2, 0) is 4.79 Å². The lowest BCUT2D eigenvalue weighted by Crippen LogP contribution is -2.47.